The number of benzene rings is 2. The lowest BCUT2D eigenvalue weighted by atomic mass is 10.1. The molecular weight excluding hydrogens is 509 g/mol. The Labute approximate surface area is 211 Å². The number of sulfone groups is 1. The first-order valence-corrected chi connectivity index (χ1v) is 12.8. The minimum Gasteiger partial charge on any atom is -0.348 e. The van der Waals surface area contributed by atoms with E-state index in [0.29, 0.717) is 16.8 Å². The molecule has 3 rings (SSSR count). The third kappa shape index (κ3) is 6.63. The van der Waals surface area contributed by atoms with Gasteiger partial charge in [-0.15, -0.1) is 0 Å². The quantitative estimate of drug-likeness (QED) is 0.340. The lowest BCUT2D eigenvalue weighted by Crippen LogP contribution is -2.34. The smallest absolute Gasteiger partial charge is 0.348 e. The molecule has 1 aromatic heterocycles. The molecule has 8 nitrogen and oxygen atoms in total. The zero-order valence-corrected chi connectivity index (χ0v) is 20.7. The highest BCUT2D eigenvalue weighted by Gasteiger charge is 2.31. The Balaban J connectivity index is 2.00. The molecule has 0 atom stereocenters. The van der Waals surface area contributed by atoms with Crippen LogP contribution in [0.25, 0.3) is 5.69 Å². The van der Waals surface area contributed by atoms with Gasteiger partial charge in [0.1, 0.15) is 5.56 Å². The van der Waals surface area contributed by atoms with E-state index in [9.17, 15) is 31.2 Å². The predicted octanol–water partition coefficient (Wildman–Crippen LogP) is 3.11. The summed E-state index contributed by atoms with van der Waals surface area (Å²) in [7, 11) is -3.39. The highest BCUT2D eigenvalue weighted by atomic mass is 32.2. The van der Waals surface area contributed by atoms with Gasteiger partial charge in [0.15, 0.2) is 9.84 Å². The van der Waals surface area contributed by atoms with Crippen molar-refractivity contribution in [1.29, 1.82) is 5.26 Å². The maximum Gasteiger partial charge on any atom is 0.416 e. The third-order valence-electron chi connectivity index (χ3n) is 5.55. The minimum absolute atomic E-state index is 0.0207. The van der Waals surface area contributed by atoms with E-state index in [1.54, 1.807) is 0 Å². The number of carbonyl (C=O) groups is 1. The molecule has 0 aliphatic heterocycles. The molecule has 1 heterocycles. The summed E-state index contributed by atoms with van der Waals surface area (Å²) in [5.41, 5.74) is -0.812. The molecule has 1 amide bonds. The molecule has 0 aliphatic rings. The standard InChI is InChI=1S/C25H23F3N4O4S/c1-16-18(15-30-11-10-29)12-22(23(33)31-14-17-6-8-21(9-7-17)37(2,35)36)24(34)32(16)20-5-3-4-19(13-20)25(26,27)28/h3-9,12-13,30H,11,14-15H2,1-2H3,(H,31,33). The molecule has 194 valence electrons. The molecule has 0 radical (unpaired) electrons. The Morgan fingerprint density at radius 1 is 1.08 bits per heavy atom. The van der Waals surface area contributed by atoms with Crippen molar-refractivity contribution in [3.8, 4) is 11.8 Å². The van der Waals surface area contributed by atoms with Gasteiger partial charge in [-0.1, -0.05) is 18.2 Å². The molecule has 3 aromatic rings. The van der Waals surface area contributed by atoms with Crippen LogP contribution in [0.1, 0.15) is 32.7 Å². The normalized spacial score (nSPS) is 11.7. The van der Waals surface area contributed by atoms with Crippen molar-refractivity contribution >= 4 is 15.7 Å². The van der Waals surface area contributed by atoms with E-state index >= 15 is 0 Å². The van der Waals surface area contributed by atoms with Gasteiger partial charge in [0.25, 0.3) is 11.5 Å². The summed E-state index contributed by atoms with van der Waals surface area (Å²) in [6.45, 7) is 1.58. The number of nitrogens with one attached hydrogen (secondary N) is 2. The number of nitrogens with zero attached hydrogens (tertiary/aromatic N) is 2. The Morgan fingerprint density at radius 2 is 1.76 bits per heavy atom. The number of nitriles is 1. The zero-order valence-electron chi connectivity index (χ0n) is 19.9. The second-order valence-corrected chi connectivity index (χ2v) is 10.2. The van der Waals surface area contributed by atoms with Crippen LogP contribution in [0.5, 0.6) is 0 Å². The van der Waals surface area contributed by atoms with E-state index in [1.165, 1.54) is 49.4 Å². The van der Waals surface area contributed by atoms with Gasteiger partial charge < -0.3 is 10.6 Å². The van der Waals surface area contributed by atoms with Crippen molar-refractivity contribution in [1.82, 2.24) is 15.2 Å². The summed E-state index contributed by atoms with van der Waals surface area (Å²) in [5, 5.41) is 14.2. The highest BCUT2D eigenvalue weighted by molar-refractivity contribution is 7.90. The molecule has 0 saturated carbocycles. The van der Waals surface area contributed by atoms with E-state index in [0.717, 1.165) is 23.0 Å². The number of halogens is 3. The Hall–Kier alpha value is -3.95. The second-order valence-electron chi connectivity index (χ2n) is 8.22. The molecule has 0 saturated heterocycles. The third-order valence-corrected chi connectivity index (χ3v) is 6.68. The summed E-state index contributed by atoms with van der Waals surface area (Å²) < 4.78 is 64.2. The van der Waals surface area contributed by atoms with E-state index < -0.39 is 33.0 Å². The van der Waals surface area contributed by atoms with Crippen molar-refractivity contribution in [2.45, 2.75) is 31.1 Å². The van der Waals surface area contributed by atoms with Crippen LogP contribution in [0.15, 0.2) is 64.3 Å². The first-order valence-electron chi connectivity index (χ1n) is 10.9. The molecule has 0 spiro atoms. The van der Waals surface area contributed by atoms with Crippen LogP contribution >= 0.6 is 0 Å². The number of hydrogen-bond acceptors (Lipinski definition) is 6. The summed E-state index contributed by atoms with van der Waals surface area (Å²) in [6.07, 6.45) is -3.56. The van der Waals surface area contributed by atoms with Crippen LogP contribution in [0, 0.1) is 18.3 Å². The number of aromatic nitrogens is 1. The average molecular weight is 533 g/mol. The van der Waals surface area contributed by atoms with Crippen LogP contribution in [-0.2, 0) is 29.1 Å². The van der Waals surface area contributed by atoms with E-state index in [2.05, 4.69) is 10.6 Å². The fourth-order valence-corrected chi connectivity index (χ4v) is 4.25. The molecule has 12 heteroatoms. The lowest BCUT2D eigenvalue weighted by molar-refractivity contribution is -0.137. The van der Waals surface area contributed by atoms with Crippen LogP contribution in [0.2, 0.25) is 0 Å². The van der Waals surface area contributed by atoms with E-state index in [4.69, 9.17) is 5.26 Å². The van der Waals surface area contributed by atoms with Gasteiger partial charge in [0, 0.05) is 30.7 Å². The summed E-state index contributed by atoms with van der Waals surface area (Å²) in [4.78, 5) is 26.4. The lowest BCUT2D eigenvalue weighted by Gasteiger charge is -2.18. The van der Waals surface area contributed by atoms with Crippen molar-refractivity contribution in [2.24, 2.45) is 0 Å². The fourth-order valence-electron chi connectivity index (χ4n) is 3.62. The molecular formula is C25H23F3N4O4S. The molecule has 0 unspecified atom stereocenters. The van der Waals surface area contributed by atoms with Gasteiger partial charge in [0.2, 0.25) is 0 Å². The second kappa shape index (κ2) is 11.0. The topological polar surface area (TPSA) is 121 Å². The van der Waals surface area contributed by atoms with Crippen molar-refractivity contribution in [3.05, 3.63) is 92.9 Å². The Bertz CT molecular complexity index is 1520. The summed E-state index contributed by atoms with van der Waals surface area (Å²) in [6, 6.07) is 13.3. The first kappa shape index (κ1) is 27.6. The number of rotatable bonds is 8. The minimum atomic E-state index is -4.63. The molecule has 0 bridgehead atoms. The molecule has 2 aromatic carbocycles. The molecule has 0 fully saturated rings. The van der Waals surface area contributed by atoms with E-state index in [1.807, 2.05) is 6.07 Å². The molecule has 37 heavy (non-hydrogen) atoms. The van der Waals surface area contributed by atoms with Gasteiger partial charge in [-0.25, -0.2) is 8.42 Å². The van der Waals surface area contributed by atoms with Gasteiger partial charge in [-0.2, -0.15) is 18.4 Å². The van der Waals surface area contributed by atoms with E-state index in [-0.39, 0.29) is 35.8 Å². The molecule has 2 N–H and O–H groups in total. The van der Waals surface area contributed by atoms with Gasteiger partial charge >= 0.3 is 6.18 Å². The van der Waals surface area contributed by atoms with Crippen LogP contribution < -0.4 is 16.2 Å². The maximum atomic E-state index is 13.3. The predicted molar refractivity (Wildman–Crippen MR) is 130 cm³/mol. The maximum absolute atomic E-state index is 13.3. The monoisotopic (exact) mass is 532 g/mol. The van der Waals surface area contributed by atoms with Gasteiger partial charge in [0.05, 0.1) is 23.1 Å². The fraction of sp³-hybridized carbons (Fsp3) is 0.240. The zero-order chi connectivity index (χ0) is 27.4. The highest BCUT2D eigenvalue weighted by Crippen LogP contribution is 2.30. The van der Waals surface area contributed by atoms with Crippen molar-refractivity contribution in [2.75, 3.05) is 12.8 Å². The number of amides is 1. The van der Waals surface area contributed by atoms with Crippen LogP contribution in [-0.4, -0.2) is 31.7 Å². The summed E-state index contributed by atoms with van der Waals surface area (Å²) in [5.74, 6) is -0.764. The first-order chi connectivity index (χ1) is 17.3. The Morgan fingerprint density at radius 3 is 2.35 bits per heavy atom. The molecule has 0 aliphatic carbocycles. The number of pyridine rings is 1. The van der Waals surface area contributed by atoms with Crippen LogP contribution in [0.3, 0.4) is 0 Å². The SMILES string of the molecule is Cc1c(CNCC#N)cc(C(=O)NCc2ccc(S(C)(=O)=O)cc2)c(=O)n1-c1cccc(C(F)(F)F)c1. The summed E-state index contributed by atoms with van der Waals surface area (Å²) >= 11 is 0. The largest absolute Gasteiger partial charge is 0.416 e. The average Bonchev–Trinajstić information content (AvgIpc) is 2.83. The van der Waals surface area contributed by atoms with Crippen LogP contribution in [0.4, 0.5) is 13.2 Å². The van der Waals surface area contributed by atoms with Crippen molar-refractivity contribution < 1.29 is 26.4 Å². The number of carbonyl (C=O) groups excluding carboxylic acids is 1. The van der Waals surface area contributed by atoms with Crippen molar-refractivity contribution in [3.63, 3.8) is 0 Å². The Kier molecular flexibility index (Phi) is 8.20. The number of alkyl halides is 3. The number of hydrogen-bond donors (Lipinski definition) is 2. The van der Waals surface area contributed by atoms with Gasteiger partial charge in [-0.3, -0.25) is 14.2 Å². The van der Waals surface area contributed by atoms with Gasteiger partial charge in [-0.05, 0) is 54.4 Å².